The van der Waals surface area contributed by atoms with Gasteiger partial charge in [0.1, 0.15) is 0 Å². The minimum absolute atomic E-state index is 0.106. The summed E-state index contributed by atoms with van der Waals surface area (Å²) in [6.45, 7) is 13.2. The number of para-hydroxylation sites is 1. The number of fused-ring (bicyclic) bond motifs is 1. The van der Waals surface area contributed by atoms with E-state index in [9.17, 15) is 4.79 Å². The van der Waals surface area contributed by atoms with Crippen molar-refractivity contribution in [2.75, 3.05) is 19.6 Å². The summed E-state index contributed by atoms with van der Waals surface area (Å²) < 4.78 is 2.58. The first-order valence-corrected chi connectivity index (χ1v) is 13.6. The molecular weight excluding hydrogens is 454 g/mol. The summed E-state index contributed by atoms with van der Waals surface area (Å²) in [5, 5.41) is 1.31. The number of hydrogen-bond donors (Lipinski definition) is 0. The second-order valence-electron chi connectivity index (χ2n) is 11.9. The van der Waals surface area contributed by atoms with Crippen molar-refractivity contribution in [1.82, 2.24) is 14.5 Å². The van der Waals surface area contributed by atoms with Crippen molar-refractivity contribution in [3.8, 4) is 11.3 Å². The van der Waals surface area contributed by atoms with Crippen LogP contribution < -0.4 is 0 Å². The van der Waals surface area contributed by atoms with Gasteiger partial charge in [-0.1, -0.05) is 63.2 Å². The van der Waals surface area contributed by atoms with E-state index in [1.807, 2.05) is 24.5 Å². The number of benzene rings is 2. The predicted molar refractivity (Wildman–Crippen MR) is 153 cm³/mol. The van der Waals surface area contributed by atoms with E-state index in [4.69, 9.17) is 0 Å². The van der Waals surface area contributed by atoms with Crippen molar-refractivity contribution in [3.05, 3.63) is 89.7 Å². The number of pyridine rings is 1. The van der Waals surface area contributed by atoms with Crippen LogP contribution in [0.2, 0.25) is 0 Å². The Morgan fingerprint density at radius 1 is 0.946 bits per heavy atom. The molecule has 0 N–H and O–H groups in total. The molecule has 0 unspecified atom stereocenters. The average molecular weight is 494 g/mol. The number of rotatable bonds is 7. The maximum Gasteiger partial charge on any atom is 0.159 e. The third kappa shape index (κ3) is 5.86. The number of likely N-dealkylation sites (tertiary alicyclic amines) is 1. The van der Waals surface area contributed by atoms with Crippen LogP contribution in [0.5, 0.6) is 0 Å². The lowest BCUT2D eigenvalue weighted by Gasteiger charge is -2.36. The van der Waals surface area contributed by atoms with Gasteiger partial charge in [0.25, 0.3) is 0 Å². The highest BCUT2D eigenvalue weighted by Crippen LogP contribution is 2.37. The summed E-state index contributed by atoms with van der Waals surface area (Å²) in [5.74, 6) is 0.768. The fraction of sp³-hybridized carbons (Fsp3) is 0.394. The second-order valence-corrected chi connectivity index (χ2v) is 11.9. The summed E-state index contributed by atoms with van der Waals surface area (Å²) in [4.78, 5) is 18.7. The molecule has 1 aliphatic heterocycles. The number of nitrogens with zero attached hydrogens (tertiary/aromatic N) is 3. The topological polar surface area (TPSA) is 38.1 Å². The highest BCUT2D eigenvalue weighted by molar-refractivity contribution is 5.94. The molecule has 0 bridgehead atoms. The van der Waals surface area contributed by atoms with Crippen LogP contribution in [0.25, 0.3) is 22.2 Å². The maximum atomic E-state index is 11.8. The first-order valence-electron chi connectivity index (χ1n) is 13.6. The van der Waals surface area contributed by atoms with Crippen molar-refractivity contribution in [1.29, 1.82) is 0 Å². The van der Waals surface area contributed by atoms with Gasteiger partial charge < -0.3 is 9.47 Å². The third-order valence-corrected chi connectivity index (χ3v) is 7.62. The van der Waals surface area contributed by atoms with Gasteiger partial charge in [0.15, 0.2) is 5.78 Å². The van der Waals surface area contributed by atoms with Gasteiger partial charge in [-0.05, 0) is 73.5 Å². The zero-order chi connectivity index (χ0) is 26.0. The minimum atomic E-state index is 0.106. The molecule has 0 amide bonds. The lowest BCUT2D eigenvalue weighted by atomic mass is 9.92. The fourth-order valence-corrected chi connectivity index (χ4v) is 5.90. The highest BCUT2D eigenvalue weighted by Gasteiger charge is 2.26. The van der Waals surface area contributed by atoms with E-state index in [0.717, 1.165) is 18.5 Å². The number of ketones is 1. The van der Waals surface area contributed by atoms with Crippen molar-refractivity contribution in [2.45, 2.75) is 53.5 Å². The third-order valence-electron chi connectivity index (χ3n) is 7.62. The van der Waals surface area contributed by atoms with Crippen molar-refractivity contribution < 1.29 is 4.79 Å². The van der Waals surface area contributed by atoms with E-state index in [0.29, 0.717) is 11.3 Å². The second kappa shape index (κ2) is 10.6. The number of carbonyl (C=O) groups is 1. The van der Waals surface area contributed by atoms with E-state index in [-0.39, 0.29) is 5.78 Å². The lowest BCUT2D eigenvalue weighted by molar-refractivity contribution is 0.101. The first-order chi connectivity index (χ1) is 17.8. The van der Waals surface area contributed by atoms with Crippen LogP contribution >= 0.6 is 0 Å². The molecule has 0 spiro atoms. The molecule has 37 heavy (non-hydrogen) atoms. The van der Waals surface area contributed by atoms with Gasteiger partial charge in [0.2, 0.25) is 0 Å². The van der Waals surface area contributed by atoms with Gasteiger partial charge in [0, 0.05) is 53.9 Å². The van der Waals surface area contributed by atoms with Gasteiger partial charge >= 0.3 is 0 Å². The summed E-state index contributed by atoms with van der Waals surface area (Å²) in [6, 6.07) is 21.2. The Kier molecular flexibility index (Phi) is 7.30. The van der Waals surface area contributed by atoms with Gasteiger partial charge in [-0.25, -0.2) is 0 Å². The van der Waals surface area contributed by atoms with Crippen LogP contribution in [-0.2, 0) is 13.0 Å². The minimum Gasteiger partial charge on any atom is -0.340 e. The Balaban J connectivity index is 1.51. The monoisotopic (exact) mass is 493 g/mol. The molecule has 2 aromatic carbocycles. The quantitative estimate of drug-likeness (QED) is 0.254. The molecule has 1 fully saturated rings. The molecule has 3 heterocycles. The average Bonchev–Trinajstić information content (AvgIpc) is 3.18. The zero-order valence-electron chi connectivity index (χ0n) is 22.7. The Bertz CT molecular complexity index is 1350. The summed E-state index contributed by atoms with van der Waals surface area (Å²) >= 11 is 0. The van der Waals surface area contributed by atoms with Crippen molar-refractivity contribution in [2.24, 2.45) is 11.3 Å². The molecule has 0 atom stereocenters. The van der Waals surface area contributed by atoms with Crippen LogP contribution in [0.3, 0.4) is 0 Å². The van der Waals surface area contributed by atoms with E-state index in [1.54, 1.807) is 6.92 Å². The van der Waals surface area contributed by atoms with Crippen molar-refractivity contribution in [3.63, 3.8) is 0 Å². The number of aromatic nitrogens is 2. The van der Waals surface area contributed by atoms with Gasteiger partial charge in [0.05, 0.1) is 5.69 Å². The molecular formula is C33H39N3O. The smallest absolute Gasteiger partial charge is 0.159 e. The molecule has 2 aromatic heterocycles. The normalized spacial score (nSPS) is 15.4. The van der Waals surface area contributed by atoms with E-state index >= 15 is 0 Å². The van der Waals surface area contributed by atoms with Gasteiger partial charge in [-0.15, -0.1) is 0 Å². The van der Waals surface area contributed by atoms with E-state index < -0.39 is 0 Å². The Morgan fingerprint density at radius 3 is 2.27 bits per heavy atom. The number of Topliss-reactive ketones (excluding diaryl/α,β-unsaturated/α-hetero) is 1. The number of piperidine rings is 1. The van der Waals surface area contributed by atoms with E-state index in [2.05, 4.69) is 83.8 Å². The maximum absolute atomic E-state index is 11.8. The van der Waals surface area contributed by atoms with Crippen molar-refractivity contribution >= 4 is 16.7 Å². The van der Waals surface area contributed by atoms with Crippen LogP contribution in [0.4, 0.5) is 0 Å². The molecule has 4 nitrogen and oxygen atoms in total. The van der Waals surface area contributed by atoms with E-state index in [1.165, 1.54) is 65.8 Å². The lowest BCUT2D eigenvalue weighted by Crippen LogP contribution is -2.39. The SMILES string of the molecule is CC(=O)c1ccc(Cc2c(-c3ccncc3)n(CC3CCN(CC(C)(C)C)CC3)c3ccccc23)cc1. The Labute approximate surface area is 221 Å². The number of carbonyl (C=O) groups excluding carboxylic acids is 1. The number of hydrogen-bond acceptors (Lipinski definition) is 3. The summed E-state index contributed by atoms with van der Waals surface area (Å²) in [7, 11) is 0. The fourth-order valence-electron chi connectivity index (χ4n) is 5.90. The van der Waals surface area contributed by atoms with Gasteiger partial charge in [-0.2, -0.15) is 0 Å². The molecule has 0 aliphatic carbocycles. The summed E-state index contributed by atoms with van der Waals surface area (Å²) in [6.07, 6.45) is 7.09. The zero-order valence-corrected chi connectivity index (χ0v) is 22.7. The molecule has 1 aliphatic rings. The molecule has 0 radical (unpaired) electrons. The highest BCUT2D eigenvalue weighted by atomic mass is 16.1. The predicted octanol–water partition coefficient (Wildman–Crippen LogP) is 7.25. The van der Waals surface area contributed by atoms with Gasteiger partial charge in [-0.3, -0.25) is 9.78 Å². The molecule has 4 aromatic rings. The molecule has 4 heteroatoms. The van der Waals surface area contributed by atoms with Crippen LogP contribution in [0.1, 0.15) is 62.0 Å². The largest absolute Gasteiger partial charge is 0.340 e. The van der Waals surface area contributed by atoms with Crippen LogP contribution in [-0.4, -0.2) is 39.9 Å². The molecule has 192 valence electrons. The molecule has 0 saturated carbocycles. The Morgan fingerprint density at radius 2 is 1.62 bits per heavy atom. The van der Waals surface area contributed by atoms with Crippen LogP contribution in [0.15, 0.2) is 73.1 Å². The standard InChI is InChI=1S/C33H39N3O/c1-24(37)27-11-9-25(10-12-27)21-30-29-7-5-6-8-31(29)36(32(30)28-13-17-34-18-14-28)22-26-15-19-35(20-16-26)23-33(2,3)4/h5-14,17-18,26H,15-16,19-23H2,1-4H3. The first kappa shape index (κ1) is 25.4. The Hall–Kier alpha value is -3.24. The summed E-state index contributed by atoms with van der Waals surface area (Å²) in [5.41, 5.74) is 7.50. The molecule has 1 saturated heterocycles. The molecule has 5 rings (SSSR count). The van der Waals surface area contributed by atoms with Crippen LogP contribution in [0, 0.1) is 11.3 Å².